The molecule has 0 bridgehead atoms. The van der Waals surface area contributed by atoms with Gasteiger partial charge in [-0.15, -0.1) is 0 Å². The van der Waals surface area contributed by atoms with Crippen molar-refractivity contribution in [3.63, 3.8) is 0 Å². The molecule has 2 aromatic rings. The number of hydrogen-bond donors (Lipinski definition) is 1. The Balaban J connectivity index is 2.29. The van der Waals surface area contributed by atoms with Crippen molar-refractivity contribution in [2.75, 3.05) is 12.3 Å². The zero-order valence-electron chi connectivity index (χ0n) is 10.2. The lowest BCUT2D eigenvalue weighted by Gasteiger charge is -2.10. The average Bonchev–Trinajstić information content (AvgIpc) is 2.71. The average molecular weight is 251 g/mol. The summed E-state index contributed by atoms with van der Waals surface area (Å²) in [5.41, 5.74) is 5.90. The van der Waals surface area contributed by atoms with Crippen LogP contribution >= 0.6 is 0 Å². The molecule has 0 spiro atoms. The lowest BCUT2D eigenvalue weighted by Crippen LogP contribution is -1.98. The molecule has 1 aromatic heterocycles. The van der Waals surface area contributed by atoms with Gasteiger partial charge in [-0.3, -0.25) is 4.68 Å². The van der Waals surface area contributed by atoms with E-state index in [-0.39, 0.29) is 11.4 Å². The van der Waals surface area contributed by atoms with Gasteiger partial charge in [0.25, 0.3) is 0 Å². The monoisotopic (exact) mass is 251 g/mol. The highest BCUT2D eigenvalue weighted by Crippen LogP contribution is 2.33. The van der Waals surface area contributed by atoms with Gasteiger partial charge in [-0.05, 0) is 6.92 Å². The van der Waals surface area contributed by atoms with E-state index in [1.807, 2.05) is 0 Å². The highest BCUT2D eigenvalue weighted by molar-refractivity contribution is 5.57. The molecule has 5 nitrogen and oxygen atoms in total. The van der Waals surface area contributed by atoms with Crippen LogP contribution in [0.15, 0.2) is 24.5 Å². The normalized spacial score (nSPS) is 10.4. The summed E-state index contributed by atoms with van der Waals surface area (Å²) in [4.78, 5) is 0. The molecule has 18 heavy (non-hydrogen) atoms. The molecule has 0 saturated heterocycles. The smallest absolute Gasteiger partial charge is 0.167 e. The molecule has 1 aromatic carbocycles. The number of rotatable bonds is 4. The lowest BCUT2D eigenvalue weighted by atomic mass is 10.2. The predicted octanol–water partition coefficient (Wildman–Crippen LogP) is 2.33. The highest BCUT2D eigenvalue weighted by Gasteiger charge is 2.11. The second-order valence-electron chi connectivity index (χ2n) is 3.71. The molecule has 0 fully saturated rings. The maximum absolute atomic E-state index is 13.5. The molecule has 2 rings (SSSR count). The topological polar surface area (TPSA) is 62.3 Å². The molecule has 0 radical (unpaired) electrons. The van der Waals surface area contributed by atoms with E-state index in [9.17, 15) is 4.39 Å². The summed E-state index contributed by atoms with van der Waals surface area (Å²) in [6.07, 6.45) is 3.23. The van der Waals surface area contributed by atoms with Crippen molar-refractivity contribution >= 4 is 5.69 Å². The van der Waals surface area contributed by atoms with Crippen LogP contribution in [0.3, 0.4) is 0 Å². The number of ether oxygens (including phenoxy) is 2. The SMILES string of the molecule is CCOc1cc(Oc2cnn(C)c2)c(N)cc1F. The zero-order valence-corrected chi connectivity index (χ0v) is 10.2. The number of halogens is 1. The molecule has 96 valence electrons. The first kappa shape index (κ1) is 12.2. The summed E-state index contributed by atoms with van der Waals surface area (Å²) in [7, 11) is 1.77. The molecule has 0 aliphatic carbocycles. The Bertz CT molecular complexity index is 554. The van der Waals surface area contributed by atoms with Crippen molar-refractivity contribution in [2.45, 2.75) is 6.92 Å². The quantitative estimate of drug-likeness (QED) is 0.847. The Hall–Kier alpha value is -2.24. The van der Waals surface area contributed by atoms with Crippen molar-refractivity contribution in [1.29, 1.82) is 0 Å². The van der Waals surface area contributed by atoms with E-state index in [0.29, 0.717) is 18.1 Å². The second-order valence-corrected chi connectivity index (χ2v) is 3.71. The molecule has 0 saturated carbocycles. The minimum Gasteiger partial charge on any atom is -0.491 e. The maximum atomic E-state index is 13.5. The van der Waals surface area contributed by atoms with Gasteiger partial charge >= 0.3 is 0 Å². The van der Waals surface area contributed by atoms with Gasteiger partial charge in [-0.2, -0.15) is 5.10 Å². The summed E-state index contributed by atoms with van der Waals surface area (Å²) in [6, 6.07) is 2.61. The number of anilines is 1. The van der Waals surface area contributed by atoms with Crippen molar-refractivity contribution in [2.24, 2.45) is 7.05 Å². The van der Waals surface area contributed by atoms with E-state index in [4.69, 9.17) is 15.2 Å². The van der Waals surface area contributed by atoms with Gasteiger partial charge in [0.05, 0.1) is 24.7 Å². The molecule has 0 aliphatic rings. The van der Waals surface area contributed by atoms with Crippen LogP contribution in [0.2, 0.25) is 0 Å². The van der Waals surface area contributed by atoms with E-state index in [1.54, 1.807) is 31.0 Å². The summed E-state index contributed by atoms with van der Waals surface area (Å²) < 4.78 is 25.7. The number of hydrogen-bond acceptors (Lipinski definition) is 4. The van der Waals surface area contributed by atoms with E-state index in [0.717, 1.165) is 0 Å². The third-order valence-corrected chi connectivity index (χ3v) is 2.27. The van der Waals surface area contributed by atoms with Crippen molar-refractivity contribution in [1.82, 2.24) is 9.78 Å². The van der Waals surface area contributed by atoms with Gasteiger partial charge in [0.2, 0.25) is 0 Å². The van der Waals surface area contributed by atoms with Crippen LogP contribution in [0.25, 0.3) is 0 Å². The van der Waals surface area contributed by atoms with Crippen LogP contribution in [0.4, 0.5) is 10.1 Å². The van der Waals surface area contributed by atoms with Gasteiger partial charge in [-0.25, -0.2) is 4.39 Å². The van der Waals surface area contributed by atoms with E-state index in [2.05, 4.69) is 5.10 Å². The van der Waals surface area contributed by atoms with Crippen molar-refractivity contribution < 1.29 is 13.9 Å². The Morgan fingerprint density at radius 1 is 1.39 bits per heavy atom. The summed E-state index contributed by atoms with van der Waals surface area (Å²) in [6.45, 7) is 2.14. The number of benzene rings is 1. The fraction of sp³-hybridized carbons (Fsp3) is 0.250. The fourth-order valence-corrected chi connectivity index (χ4v) is 1.48. The first-order valence-electron chi connectivity index (χ1n) is 5.48. The largest absolute Gasteiger partial charge is 0.491 e. The minimum atomic E-state index is -0.507. The fourth-order valence-electron chi connectivity index (χ4n) is 1.48. The van der Waals surface area contributed by atoms with Crippen molar-refractivity contribution in [3.05, 3.63) is 30.3 Å². The van der Waals surface area contributed by atoms with Crippen LogP contribution in [-0.2, 0) is 7.05 Å². The standard InChI is InChI=1S/C12H14FN3O2/c1-3-17-11-5-12(10(14)4-9(11)13)18-8-6-15-16(2)7-8/h4-7H,3,14H2,1-2H3. The first-order valence-corrected chi connectivity index (χ1v) is 5.48. The summed E-state index contributed by atoms with van der Waals surface area (Å²) in [5, 5.41) is 3.96. The molecule has 0 unspecified atom stereocenters. The van der Waals surface area contributed by atoms with Crippen LogP contribution in [0, 0.1) is 5.82 Å². The van der Waals surface area contributed by atoms with Gasteiger partial charge in [0.1, 0.15) is 0 Å². The van der Waals surface area contributed by atoms with Gasteiger partial charge < -0.3 is 15.2 Å². The van der Waals surface area contributed by atoms with Gasteiger partial charge in [0.15, 0.2) is 23.1 Å². The molecular weight excluding hydrogens is 237 g/mol. The summed E-state index contributed by atoms with van der Waals surface area (Å²) in [5.74, 6) is 0.476. The molecular formula is C12H14FN3O2. The number of nitrogen functional groups attached to an aromatic ring is 1. The third kappa shape index (κ3) is 2.53. The molecule has 0 amide bonds. The molecule has 1 heterocycles. The van der Waals surface area contributed by atoms with E-state index in [1.165, 1.54) is 12.1 Å². The van der Waals surface area contributed by atoms with E-state index < -0.39 is 5.82 Å². The first-order chi connectivity index (χ1) is 8.60. The highest BCUT2D eigenvalue weighted by atomic mass is 19.1. The molecule has 0 aliphatic heterocycles. The number of aromatic nitrogens is 2. The number of nitrogens with zero attached hydrogens (tertiary/aromatic N) is 2. The third-order valence-electron chi connectivity index (χ3n) is 2.27. The van der Waals surface area contributed by atoms with Crippen LogP contribution < -0.4 is 15.2 Å². The number of aryl methyl sites for hydroxylation is 1. The molecule has 6 heteroatoms. The molecule has 2 N–H and O–H groups in total. The second kappa shape index (κ2) is 4.95. The predicted molar refractivity (Wildman–Crippen MR) is 65.3 cm³/mol. The number of nitrogens with two attached hydrogens (primary N) is 1. The van der Waals surface area contributed by atoms with E-state index >= 15 is 0 Å². The minimum absolute atomic E-state index is 0.116. The maximum Gasteiger partial charge on any atom is 0.167 e. The van der Waals surface area contributed by atoms with Crippen LogP contribution in [0.1, 0.15) is 6.92 Å². The Kier molecular flexibility index (Phi) is 3.36. The van der Waals surface area contributed by atoms with Crippen molar-refractivity contribution in [3.8, 4) is 17.2 Å². The Labute approximate surface area is 104 Å². The summed E-state index contributed by atoms with van der Waals surface area (Å²) >= 11 is 0. The lowest BCUT2D eigenvalue weighted by molar-refractivity contribution is 0.319. The van der Waals surface area contributed by atoms with Gasteiger partial charge in [0, 0.05) is 19.2 Å². The molecule has 0 atom stereocenters. The van der Waals surface area contributed by atoms with Gasteiger partial charge in [-0.1, -0.05) is 0 Å². The Morgan fingerprint density at radius 3 is 2.78 bits per heavy atom. The Morgan fingerprint density at radius 2 is 2.17 bits per heavy atom. The zero-order chi connectivity index (χ0) is 13.1. The van der Waals surface area contributed by atoms with Crippen LogP contribution in [-0.4, -0.2) is 16.4 Å². The van der Waals surface area contributed by atoms with Crippen LogP contribution in [0.5, 0.6) is 17.2 Å².